The van der Waals surface area contributed by atoms with Crippen LogP contribution in [0.4, 0.5) is 5.69 Å². The number of carbonyl (C=O) groups is 2. The highest BCUT2D eigenvalue weighted by Crippen LogP contribution is 2.20. The minimum atomic E-state index is -0.112. The van der Waals surface area contributed by atoms with Gasteiger partial charge in [0, 0.05) is 12.6 Å². The van der Waals surface area contributed by atoms with Crippen LogP contribution in [0.3, 0.4) is 0 Å². The molecule has 28 heavy (non-hydrogen) atoms. The summed E-state index contributed by atoms with van der Waals surface area (Å²) >= 11 is 0. The molecule has 148 valence electrons. The van der Waals surface area contributed by atoms with Gasteiger partial charge in [-0.1, -0.05) is 62.2 Å². The van der Waals surface area contributed by atoms with Crippen LogP contribution in [0.5, 0.6) is 0 Å². The average molecular weight is 380 g/mol. The molecule has 2 aromatic carbocycles. The SMILES string of the molecule is CCN(CC(=O)Nc1ccccc1C(=O)NC1CCCC1)Cc1ccccc1. The summed E-state index contributed by atoms with van der Waals surface area (Å²) in [6.45, 7) is 3.81. The van der Waals surface area contributed by atoms with Crippen molar-refractivity contribution in [2.45, 2.75) is 45.2 Å². The molecular formula is C23H29N3O2. The lowest BCUT2D eigenvalue weighted by atomic mass is 10.1. The van der Waals surface area contributed by atoms with Gasteiger partial charge in [0.25, 0.3) is 5.91 Å². The zero-order valence-corrected chi connectivity index (χ0v) is 16.5. The molecule has 1 aliphatic rings. The summed E-state index contributed by atoms with van der Waals surface area (Å²) in [4.78, 5) is 27.3. The lowest BCUT2D eigenvalue weighted by Gasteiger charge is -2.20. The van der Waals surface area contributed by atoms with E-state index in [0.717, 1.165) is 32.2 Å². The Bertz CT molecular complexity index is 785. The highest BCUT2D eigenvalue weighted by atomic mass is 16.2. The number of anilines is 1. The van der Waals surface area contributed by atoms with E-state index >= 15 is 0 Å². The number of nitrogens with one attached hydrogen (secondary N) is 2. The molecule has 3 rings (SSSR count). The van der Waals surface area contributed by atoms with E-state index in [0.29, 0.717) is 17.8 Å². The third-order valence-corrected chi connectivity index (χ3v) is 5.20. The van der Waals surface area contributed by atoms with E-state index in [1.807, 2.05) is 37.3 Å². The van der Waals surface area contributed by atoms with Gasteiger partial charge < -0.3 is 10.6 Å². The van der Waals surface area contributed by atoms with Gasteiger partial charge in [-0.25, -0.2) is 0 Å². The van der Waals surface area contributed by atoms with Crippen LogP contribution in [0.25, 0.3) is 0 Å². The number of rotatable bonds is 8. The fraction of sp³-hybridized carbons (Fsp3) is 0.391. The smallest absolute Gasteiger partial charge is 0.253 e. The molecule has 0 saturated heterocycles. The molecule has 1 aliphatic carbocycles. The molecule has 2 amide bonds. The Morgan fingerprint density at radius 1 is 1.00 bits per heavy atom. The molecule has 0 unspecified atom stereocenters. The van der Waals surface area contributed by atoms with Gasteiger partial charge in [0.1, 0.15) is 0 Å². The Morgan fingerprint density at radius 3 is 2.39 bits per heavy atom. The number of hydrogen-bond acceptors (Lipinski definition) is 3. The first-order chi connectivity index (χ1) is 13.7. The normalized spacial score (nSPS) is 14.2. The van der Waals surface area contributed by atoms with E-state index in [2.05, 4.69) is 27.7 Å². The van der Waals surface area contributed by atoms with Gasteiger partial charge in [-0.15, -0.1) is 0 Å². The Labute approximate surface area is 167 Å². The van der Waals surface area contributed by atoms with Crippen LogP contribution in [0.2, 0.25) is 0 Å². The van der Waals surface area contributed by atoms with Crippen molar-refractivity contribution in [1.29, 1.82) is 0 Å². The first-order valence-electron chi connectivity index (χ1n) is 10.1. The van der Waals surface area contributed by atoms with Gasteiger partial charge in [0.2, 0.25) is 5.91 Å². The quantitative estimate of drug-likeness (QED) is 0.733. The fourth-order valence-electron chi connectivity index (χ4n) is 3.64. The largest absolute Gasteiger partial charge is 0.349 e. The minimum absolute atomic E-state index is 0.112. The number of carbonyl (C=O) groups excluding carboxylic acids is 2. The van der Waals surface area contributed by atoms with Gasteiger partial charge in [0.05, 0.1) is 17.8 Å². The second-order valence-electron chi connectivity index (χ2n) is 7.34. The van der Waals surface area contributed by atoms with Crippen molar-refractivity contribution >= 4 is 17.5 Å². The topological polar surface area (TPSA) is 61.4 Å². The molecule has 2 aromatic rings. The molecule has 0 aliphatic heterocycles. The Kier molecular flexibility index (Phi) is 7.20. The van der Waals surface area contributed by atoms with Crippen LogP contribution in [-0.4, -0.2) is 35.8 Å². The van der Waals surface area contributed by atoms with Crippen molar-refractivity contribution in [1.82, 2.24) is 10.2 Å². The predicted octanol–water partition coefficient (Wildman–Crippen LogP) is 3.82. The summed E-state index contributed by atoms with van der Waals surface area (Å²) in [7, 11) is 0. The third kappa shape index (κ3) is 5.67. The van der Waals surface area contributed by atoms with Crippen molar-refractivity contribution in [3.05, 3.63) is 65.7 Å². The molecule has 0 radical (unpaired) electrons. The minimum Gasteiger partial charge on any atom is -0.349 e. The van der Waals surface area contributed by atoms with Gasteiger partial charge in [0.15, 0.2) is 0 Å². The van der Waals surface area contributed by atoms with Crippen LogP contribution in [0, 0.1) is 0 Å². The monoisotopic (exact) mass is 379 g/mol. The standard InChI is InChI=1S/C23H29N3O2/c1-2-26(16-18-10-4-3-5-11-18)17-22(27)25-21-15-9-8-14-20(21)23(28)24-19-12-6-7-13-19/h3-5,8-11,14-15,19H,2,6-7,12-13,16-17H2,1H3,(H,24,28)(H,25,27). The third-order valence-electron chi connectivity index (χ3n) is 5.20. The Balaban J connectivity index is 1.60. The number of benzene rings is 2. The van der Waals surface area contributed by atoms with E-state index in [1.54, 1.807) is 12.1 Å². The van der Waals surface area contributed by atoms with E-state index in [9.17, 15) is 9.59 Å². The van der Waals surface area contributed by atoms with Gasteiger partial charge >= 0.3 is 0 Å². The molecule has 5 nitrogen and oxygen atoms in total. The Hall–Kier alpha value is -2.66. The fourth-order valence-corrected chi connectivity index (χ4v) is 3.64. The number of nitrogens with zero attached hydrogens (tertiary/aromatic N) is 1. The second kappa shape index (κ2) is 10.0. The van der Waals surface area contributed by atoms with Crippen LogP contribution in [-0.2, 0) is 11.3 Å². The first-order valence-corrected chi connectivity index (χ1v) is 10.1. The van der Waals surface area contributed by atoms with E-state index in [1.165, 1.54) is 5.56 Å². The highest BCUT2D eigenvalue weighted by Gasteiger charge is 2.20. The zero-order valence-electron chi connectivity index (χ0n) is 16.5. The van der Waals surface area contributed by atoms with Crippen LogP contribution >= 0.6 is 0 Å². The molecule has 2 N–H and O–H groups in total. The molecular weight excluding hydrogens is 350 g/mol. The van der Waals surface area contributed by atoms with E-state index in [4.69, 9.17) is 0 Å². The van der Waals surface area contributed by atoms with E-state index < -0.39 is 0 Å². The molecule has 1 saturated carbocycles. The highest BCUT2D eigenvalue weighted by molar-refractivity contribution is 6.04. The number of para-hydroxylation sites is 1. The molecule has 0 aromatic heterocycles. The second-order valence-corrected chi connectivity index (χ2v) is 7.34. The van der Waals surface area contributed by atoms with Crippen molar-refractivity contribution in [3.63, 3.8) is 0 Å². The van der Waals surface area contributed by atoms with Crippen LogP contribution in [0.15, 0.2) is 54.6 Å². The maximum atomic E-state index is 12.6. The van der Waals surface area contributed by atoms with Crippen LogP contribution < -0.4 is 10.6 Å². The maximum absolute atomic E-state index is 12.6. The summed E-state index contributed by atoms with van der Waals surface area (Å²) in [6.07, 6.45) is 4.39. The van der Waals surface area contributed by atoms with E-state index in [-0.39, 0.29) is 24.4 Å². The molecule has 0 spiro atoms. The van der Waals surface area contributed by atoms with Crippen molar-refractivity contribution in [3.8, 4) is 0 Å². The van der Waals surface area contributed by atoms with Crippen LogP contribution in [0.1, 0.15) is 48.5 Å². The van der Waals surface area contributed by atoms with Crippen molar-refractivity contribution < 1.29 is 9.59 Å². The number of likely N-dealkylation sites (N-methyl/N-ethyl adjacent to an activating group) is 1. The predicted molar refractivity (Wildman–Crippen MR) is 112 cm³/mol. The summed E-state index contributed by atoms with van der Waals surface area (Å²) < 4.78 is 0. The van der Waals surface area contributed by atoms with Gasteiger partial charge in [-0.2, -0.15) is 0 Å². The average Bonchev–Trinajstić information content (AvgIpc) is 3.21. The number of amides is 2. The molecule has 0 atom stereocenters. The van der Waals surface area contributed by atoms with Crippen molar-refractivity contribution in [2.24, 2.45) is 0 Å². The zero-order chi connectivity index (χ0) is 19.8. The molecule has 0 heterocycles. The van der Waals surface area contributed by atoms with Gasteiger partial charge in [-0.3, -0.25) is 14.5 Å². The lowest BCUT2D eigenvalue weighted by molar-refractivity contribution is -0.117. The van der Waals surface area contributed by atoms with Gasteiger partial charge in [-0.05, 0) is 37.1 Å². The summed E-state index contributed by atoms with van der Waals surface area (Å²) in [6, 6.07) is 17.6. The summed E-state index contributed by atoms with van der Waals surface area (Å²) in [5.74, 6) is -0.224. The number of hydrogen-bond donors (Lipinski definition) is 2. The maximum Gasteiger partial charge on any atom is 0.253 e. The molecule has 1 fully saturated rings. The lowest BCUT2D eigenvalue weighted by Crippen LogP contribution is -2.35. The Morgan fingerprint density at radius 2 is 1.68 bits per heavy atom. The summed E-state index contributed by atoms with van der Waals surface area (Å²) in [5, 5.41) is 6.02. The summed E-state index contributed by atoms with van der Waals surface area (Å²) in [5.41, 5.74) is 2.26. The van der Waals surface area contributed by atoms with Crippen molar-refractivity contribution in [2.75, 3.05) is 18.4 Å². The molecule has 5 heteroatoms. The molecule has 0 bridgehead atoms. The first kappa shape index (κ1) is 20.1.